The first-order chi connectivity index (χ1) is 13.4. The van der Waals surface area contributed by atoms with Crippen LogP contribution in [-0.2, 0) is 11.3 Å². The van der Waals surface area contributed by atoms with Crippen molar-refractivity contribution in [3.05, 3.63) is 53.6 Å². The number of pyridine rings is 2. The average molecular weight is 388 g/mol. The highest BCUT2D eigenvalue weighted by molar-refractivity contribution is 6.09. The summed E-state index contributed by atoms with van der Waals surface area (Å²) in [7, 11) is 1.78. The SMILES string of the molecule is CNCc1cccnc1-c1cnc2c(c1)N(CC(F)(F)F)C(=O)C1=CN=NC12. The summed E-state index contributed by atoms with van der Waals surface area (Å²) < 4.78 is 39.4. The van der Waals surface area contributed by atoms with Crippen LogP contribution >= 0.6 is 0 Å². The maximum absolute atomic E-state index is 13.1. The Morgan fingerprint density at radius 2 is 2.11 bits per heavy atom. The maximum Gasteiger partial charge on any atom is 0.406 e. The number of alkyl halides is 3. The van der Waals surface area contributed by atoms with Crippen LogP contribution in [0.4, 0.5) is 18.9 Å². The number of carbonyl (C=O) groups is 1. The topological polar surface area (TPSA) is 82.8 Å². The summed E-state index contributed by atoms with van der Waals surface area (Å²) in [5, 5.41) is 10.7. The molecule has 10 heteroatoms. The Bertz CT molecular complexity index is 1000. The molecule has 1 unspecified atom stereocenters. The van der Waals surface area contributed by atoms with E-state index in [4.69, 9.17) is 0 Å². The molecule has 0 saturated heterocycles. The summed E-state index contributed by atoms with van der Waals surface area (Å²) in [4.78, 5) is 22.0. The second-order valence-corrected chi connectivity index (χ2v) is 6.39. The van der Waals surface area contributed by atoms with Gasteiger partial charge in [-0.2, -0.15) is 23.4 Å². The zero-order valence-electron chi connectivity index (χ0n) is 14.7. The van der Waals surface area contributed by atoms with Crippen molar-refractivity contribution < 1.29 is 18.0 Å². The number of anilines is 1. The van der Waals surface area contributed by atoms with Crippen molar-refractivity contribution in [2.45, 2.75) is 18.8 Å². The second kappa shape index (κ2) is 6.79. The van der Waals surface area contributed by atoms with Crippen LogP contribution in [0.15, 0.2) is 52.6 Å². The molecular weight excluding hydrogens is 373 g/mol. The Morgan fingerprint density at radius 1 is 1.29 bits per heavy atom. The Balaban J connectivity index is 1.85. The summed E-state index contributed by atoms with van der Waals surface area (Å²) in [5.74, 6) is -0.768. The van der Waals surface area contributed by atoms with Crippen LogP contribution in [0.25, 0.3) is 11.3 Å². The normalized spacial score (nSPS) is 18.1. The molecule has 2 aliphatic heterocycles. The minimum absolute atomic E-state index is 0.0730. The van der Waals surface area contributed by atoms with Crippen molar-refractivity contribution >= 4 is 11.6 Å². The molecule has 0 radical (unpaired) electrons. The fourth-order valence-corrected chi connectivity index (χ4v) is 3.32. The number of fused-ring (bicyclic) bond motifs is 3. The van der Waals surface area contributed by atoms with E-state index in [1.165, 1.54) is 18.5 Å². The van der Waals surface area contributed by atoms with Gasteiger partial charge in [0.25, 0.3) is 5.91 Å². The van der Waals surface area contributed by atoms with Gasteiger partial charge in [-0.15, -0.1) is 0 Å². The largest absolute Gasteiger partial charge is 0.406 e. The number of carbonyl (C=O) groups excluding carboxylic acids is 1. The number of halogens is 3. The maximum atomic E-state index is 13.1. The third-order valence-corrected chi connectivity index (χ3v) is 4.48. The molecule has 1 amide bonds. The third kappa shape index (κ3) is 3.15. The lowest BCUT2D eigenvalue weighted by Crippen LogP contribution is -2.43. The predicted molar refractivity (Wildman–Crippen MR) is 94.3 cm³/mol. The third-order valence-electron chi connectivity index (χ3n) is 4.48. The van der Waals surface area contributed by atoms with Crippen LogP contribution in [0.1, 0.15) is 17.3 Å². The van der Waals surface area contributed by atoms with Gasteiger partial charge in [0.2, 0.25) is 0 Å². The van der Waals surface area contributed by atoms with Crippen molar-refractivity contribution in [2.75, 3.05) is 18.5 Å². The number of hydrogen-bond acceptors (Lipinski definition) is 6. The highest BCUT2D eigenvalue weighted by atomic mass is 19.4. The van der Waals surface area contributed by atoms with Gasteiger partial charge in [0.15, 0.2) is 0 Å². The summed E-state index contributed by atoms with van der Waals surface area (Å²) in [5.41, 5.74) is 2.39. The van der Waals surface area contributed by atoms with Gasteiger partial charge in [-0.05, 0) is 24.7 Å². The van der Waals surface area contributed by atoms with E-state index >= 15 is 0 Å². The second-order valence-electron chi connectivity index (χ2n) is 6.39. The first kappa shape index (κ1) is 18.2. The van der Waals surface area contributed by atoms with Gasteiger partial charge < -0.3 is 5.32 Å². The van der Waals surface area contributed by atoms with Crippen LogP contribution in [0.2, 0.25) is 0 Å². The molecule has 0 aliphatic carbocycles. The Morgan fingerprint density at radius 3 is 2.86 bits per heavy atom. The van der Waals surface area contributed by atoms with E-state index in [-0.39, 0.29) is 17.0 Å². The Hall–Kier alpha value is -3.14. The van der Waals surface area contributed by atoms with Gasteiger partial charge >= 0.3 is 6.18 Å². The van der Waals surface area contributed by atoms with Gasteiger partial charge in [0.05, 0.1) is 28.8 Å². The van der Waals surface area contributed by atoms with Gasteiger partial charge in [-0.25, -0.2) is 0 Å². The number of azo groups is 1. The van der Waals surface area contributed by atoms with Crippen molar-refractivity contribution in [1.29, 1.82) is 0 Å². The van der Waals surface area contributed by atoms with Gasteiger partial charge in [-0.1, -0.05) is 6.07 Å². The van der Waals surface area contributed by atoms with Crippen LogP contribution < -0.4 is 10.2 Å². The molecule has 144 valence electrons. The number of nitrogens with zero attached hydrogens (tertiary/aromatic N) is 5. The van der Waals surface area contributed by atoms with Gasteiger partial charge in [-0.3, -0.25) is 19.7 Å². The van der Waals surface area contributed by atoms with E-state index in [0.717, 1.165) is 5.56 Å². The molecular formula is C18H15F3N6O. The highest BCUT2D eigenvalue weighted by Gasteiger charge is 2.43. The summed E-state index contributed by atoms with van der Waals surface area (Å²) in [6.45, 7) is -0.894. The van der Waals surface area contributed by atoms with E-state index in [1.807, 2.05) is 6.07 Å². The minimum atomic E-state index is -4.56. The monoisotopic (exact) mass is 388 g/mol. The lowest BCUT2D eigenvalue weighted by atomic mass is 9.95. The van der Waals surface area contributed by atoms with Crippen LogP contribution in [0.3, 0.4) is 0 Å². The molecule has 1 atom stereocenters. The lowest BCUT2D eigenvalue weighted by molar-refractivity contribution is -0.130. The molecule has 7 nitrogen and oxygen atoms in total. The molecule has 4 heterocycles. The van der Waals surface area contributed by atoms with Crippen molar-refractivity contribution in [2.24, 2.45) is 10.2 Å². The molecule has 2 aliphatic rings. The van der Waals surface area contributed by atoms with E-state index < -0.39 is 24.7 Å². The Kier molecular flexibility index (Phi) is 4.42. The van der Waals surface area contributed by atoms with Crippen molar-refractivity contribution in [3.63, 3.8) is 0 Å². The molecule has 0 aromatic carbocycles. The zero-order chi connectivity index (χ0) is 19.9. The lowest BCUT2D eigenvalue weighted by Gasteiger charge is -2.32. The minimum Gasteiger partial charge on any atom is -0.316 e. The number of amides is 1. The molecule has 0 fully saturated rings. The standard InChI is InChI=1S/C18H15F3N6O/c1-22-6-10-3-2-4-23-14(10)11-5-13-16(24-7-11)15-12(8-25-26-15)17(28)27(13)9-18(19,20)21/h2-5,7-8,15,22H,6,9H2,1H3. The smallest absolute Gasteiger partial charge is 0.316 e. The molecule has 0 bridgehead atoms. The zero-order valence-corrected chi connectivity index (χ0v) is 14.7. The highest BCUT2D eigenvalue weighted by Crippen LogP contribution is 2.43. The first-order valence-corrected chi connectivity index (χ1v) is 8.46. The number of hydrogen-bond donors (Lipinski definition) is 1. The summed E-state index contributed by atoms with van der Waals surface area (Å²) in [6, 6.07) is 4.37. The average Bonchev–Trinajstić information content (AvgIpc) is 3.15. The summed E-state index contributed by atoms with van der Waals surface area (Å²) in [6.07, 6.45) is -0.240. The van der Waals surface area contributed by atoms with Gasteiger partial charge in [0, 0.05) is 24.5 Å². The van der Waals surface area contributed by atoms with E-state index in [2.05, 4.69) is 25.5 Å². The van der Waals surface area contributed by atoms with Crippen LogP contribution in [0, 0.1) is 0 Å². The fraction of sp³-hybridized carbons (Fsp3) is 0.278. The van der Waals surface area contributed by atoms with Crippen LogP contribution in [-0.4, -0.2) is 35.6 Å². The number of nitrogens with one attached hydrogen (secondary N) is 1. The van der Waals surface area contributed by atoms with E-state index in [1.54, 1.807) is 19.3 Å². The number of aromatic nitrogens is 2. The summed E-state index contributed by atoms with van der Waals surface area (Å²) >= 11 is 0. The molecule has 0 spiro atoms. The molecule has 2 aromatic rings. The van der Waals surface area contributed by atoms with E-state index in [0.29, 0.717) is 22.7 Å². The molecule has 1 N–H and O–H groups in total. The predicted octanol–water partition coefficient (Wildman–Crippen LogP) is 3.16. The quantitative estimate of drug-likeness (QED) is 0.872. The molecule has 28 heavy (non-hydrogen) atoms. The first-order valence-electron chi connectivity index (χ1n) is 8.46. The van der Waals surface area contributed by atoms with Gasteiger partial charge in [0.1, 0.15) is 12.6 Å². The fourth-order valence-electron chi connectivity index (χ4n) is 3.32. The van der Waals surface area contributed by atoms with E-state index in [9.17, 15) is 18.0 Å². The van der Waals surface area contributed by atoms with Crippen LogP contribution in [0.5, 0.6) is 0 Å². The molecule has 0 saturated carbocycles. The van der Waals surface area contributed by atoms with Crippen molar-refractivity contribution in [3.8, 4) is 11.3 Å². The molecule has 4 rings (SSSR count). The molecule has 2 aromatic heterocycles. The Labute approximate surface area is 158 Å². The van der Waals surface area contributed by atoms with Crippen molar-refractivity contribution in [1.82, 2.24) is 15.3 Å². The number of rotatable bonds is 4.